The van der Waals surface area contributed by atoms with Gasteiger partial charge in [0.05, 0.1) is 6.04 Å². The molecule has 1 atom stereocenters. The van der Waals surface area contributed by atoms with E-state index in [-0.39, 0.29) is 24.1 Å². The molecule has 0 saturated carbocycles. The lowest BCUT2D eigenvalue weighted by molar-refractivity contribution is -0.144. The highest BCUT2D eigenvalue weighted by Crippen LogP contribution is 2.31. The van der Waals surface area contributed by atoms with Gasteiger partial charge in [-0.2, -0.15) is 18.2 Å². The van der Waals surface area contributed by atoms with Crippen molar-refractivity contribution in [2.45, 2.75) is 64.6 Å². The summed E-state index contributed by atoms with van der Waals surface area (Å²) in [7, 11) is 1.99. The molecular weight excluding hydrogens is 421 g/mol. The molecule has 32 heavy (non-hydrogen) atoms. The summed E-state index contributed by atoms with van der Waals surface area (Å²) in [6.07, 6.45) is 2.07. The van der Waals surface area contributed by atoms with Crippen molar-refractivity contribution in [2.75, 3.05) is 6.54 Å². The summed E-state index contributed by atoms with van der Waals surface area (Å²) < 4.78 is 42.2. The number of alkyl halides is 3. The van der Waals surface area contributed by atoms with E-state index in [1.165, 1.54) is 0 Å². The van der Waals surface area contributed by atoms with Crippen LogP contribution in [0.3, 0.4) is 0 Å². The number of likely N-dealkylation sites (tertiary alicyclic amines) is 1. The summed E-state index contributed by atoms with van der Waals surface area (Å²) in [6.45, 7) is 4.13. The van der Waals surface area contributed by atoms with Gasteiger partial charge in [-0.3, -0.25) is 4.79 Å². The summed E-state index contributed by atoms with van der Waals surface area (Å²) in [5.74, 6) is -1.25. The van der Waals surface area contributed by atoms with E-state index in [2.05, 4.69) is 25.7 Å². The molecule has 0 aliphatic carbocycles. The normalized spacial score (nSPS) is 17.7. The van der Waals surface area contributed by atoms with Gasteiger partial charge >= 0.3 is 6.18 Å². The van der Waals surface area contributed by atoms with Crippen molar-refractivity contribution in [3.05, 3.63) is 46.8 Å². The Bertz CT molecular complexity index is 1130. The largest absolute Gasteiger partial charge is 0.453 e. The molecule has 1 aliphatic heterocycles. The SMILES string of the molecule is Cc1nc2nc(C(F)(F)F)nn2c(C)c1CCC(=O)N1CCCCCC1c1cccn1C. The molecule has 0 N–H and O–H groups in total. The third-order valence-electron chi connectivity index (χ3n) is 6.29. The Labute approximate surface area is 184 Å². The number of aryl methyl sites for hydroxylation is 3. The third-order valence-corrected chi connectivity index (χ3v) is 6.29. The van der Waals surface area contributed by atoms with Gasteiger partial charge in [0.1, 0.15) is 0 Å². The number of carbonyl (C=O) groups excluding carboxylic acids is 1. The second-order valence-electron chi connectivity index (χ2n) is 8.40. The predicted molar refractivity (Wildman–Crippen MR) is 112 cm³/mol. The maximum absolute atomic E-state index is 13.3. The van der Waals surface area contributed by atoms with E-state index in [0.717, 1.165) is 41.5 Å². The number of rotatable bonds is 4. The Hall–Kier alpha value is -2.91. The molecule has 0 bridgehead atoms. The molecule has 0 spiro atoms. The van der Waals surface area contributed by atoms with E-state index >= 15 is 0 Å². The lowest BCUT2D eigenvalue weighted by Gasteiger charge is -2.31. The summed E-state index contributed by atoms with van der Waals surface area (Å²) >= 11 is 0. The molecule has 1 amide bonds. The van der Waals surface area contributed by atoms with E-state index in [1.807, 2.05) is 24.2 Å². The molecule has 3 aromatic heterocycles. The number of carbonyl (C=O) groups is 1. The molecule has 4 heterocycles. The van der Waals surface area contributed by atoms with E-state index in [9.17, 15) is 18.0 Å². The Morgan fingerprint density at radius 3 is 2.66 bits per heavy atom. The van der Waals surface area contributed by atoms with Gasteiger partial charge in [-0.15, -0.1) is 5.10 Å². The number of halogens is 3. The highest BCUT2D eigenvalue weighted by Gasteiger charge is 2.37. The van der Waals surface area contributed by atoms with Gasteiger partial charge in [0.25, 0.3) is 11.6 Å². The minimum Gasteiger partial charge on any atom is -0.353 e. The van der Waals surface area contributed by atoms with Gasteiger partial charge in [0.2, 0.25) is 5.91 Å². The molecule has 0 aromatic carbocycles. The average molecular weight is 448 g/mol. The Kier molecular flexibility index (Phi) is 5.96. The van der Waals surface area contributed by atoms with Gasteiger partial charge in [0, 0.05) is 43.3 Å². The van der Waals surface area contributed by atoms with Gasteiger partial charge in [-0.05, 0) is 50.8 Å². The van der Waals surface area contributed by atoms with Crippen molar-refractivity contribution in [1.82, 2.24) is 29.0 Å². The monoisotopic (exact) mass is 448 g/mol. The topological polar surface area (TPSA) is 68.3 Å². The molecule has 1 saturated heterocycles. The third kappa shape index (κ3) is 4.22. The standard InChI is InChI=1S/C22H27F3N6O/c1-14-16(15(2)31-21(26-14)27-20(28-31)22(23,24)25)10-11-19(32)30-13-6-4-5-8-18(30)17-9-7-12-29(17)3/h7,9,12,18H,4-6,8,10-11,13H2,1-3H3. The highest BCUT2D eigenvalue weighted by molar-refractivity contribution is 5.77. The van der Waals surface area contributed by atoms with Crippen LogP contribution >= 0.6 is 0 Å². The van der Waals surface area contributed by atoms with Crippen molar-refractivity contribution < 1.29 is 18.0 Å². The first kappa shape index (κ1) is 22.3. The number of hydrogen-bond acceptors (Lipinski definition) is 4. The van der Waals surface area contributed by atoms with Crippen LogP contribution in [0.2, 0.25) is 0 Å². The molecule has 172 valence electrons. The quantitative estimate of drug-likeness (QED) is 0.601. The fourth-order valence-electron chi connectivity index (χ4n) is 4.60. The lowest BCUT2D eigenvalue weighted by atomic mass is 10.0. The van der Waals surface area contributed by atoms with Crippen molar-refractivity contribution >= 4 is 11.7 Å². The van der Waals surface area contributed by atoms with E-state index in [1.54, 1.807) is 13.8 Å². The van der Waals surface area contributed by atoms with Crippen LogP contribution in [0.1, 0.15) is 66.6 Å². The van der Waals surface area contributed by atoms with Crippen molar-refractivity contribution in [3.8, 4) is 0 Å². The van der Waals surface area contributed by atoms with E-state index in [0.29, 0.717) is 24.4 Å². The second kappa shape index (κ2) is 8.55. The van der Waals surface area contributed by atoms with Gasteiger partial charge in [0.15, 0.2) is 0 Å². The first-order chi connectivity index (χ1) is 15.2. The van der Waals surface area contributed by atoms with Crippen LogP contribution in [0.4, 0.5) is 13.2 Å². The van der Waals surface area contributed by atoms with Crippen molar-refractivity contribution in [1.29, 1.82) is 0 Å². The highest BCUT2D eigenvalue weighted by atomic mass is 19.4. The molecule has 1 aliphatic rings. The summed E-state index contributed by atoms with van der Waals surface area (Å²) in [4.78, 5) is 23.0. The zero-order chi connectivity index (χ0) is 23.0. The van der Waals surface area contributed by atoms with Crippen LogP contribution in [-0.4, -0.2) is 41.5 Å². The number of amides is 1. The van der Waals surface area contributed by atoms with Crippen LogP contribution in [0.25, 0.3) is 5.78 Å². The second-order valence-corrected chi connectivity index (χ2v) is 8.40. The number of aromatic nitrogens is 5. The zero-order valence-corrected chi connectivity index (χ0v) is 18.5. The van der Waals surface area contributed by atoms with Crippen LogP contribution in [0.5, 0.6) is 0 Å². The summed E-state index contributed by atoms with van der Waals surface area (Å²) in [5, 5.41) is 3.59. The smallest absolute Gasteiger partial charge is 0.353 e. The summed E-state index contributed by atoms with van der Waals surface area (Å²) in [6, 6.07) is 4.09. The minimum absolute atomic E-state index is 0.0393. The first-order valence-corrected chi connectivity index (χ1v) is 10.9. The van der Waals surface area contributed by atoms with Crippen LogP contribution in [0.15, 0.2) is 18.3 Å². The van der Waals surface area contributed by atoms with Gasteiger partial charge < -0.3 is 9.47 Å². The average Bonchev–Trinajstić information content (AvgIpc) is 3.27. The first-order valence-electron chi connectivity index (χ1n) is 10.9. The Morgan fingerprint density at radius 1 is 1.19 bits per heavy atom. The molecule has 4 rings (SSSR count). The minimum atomic E-state index is -4.64. The van der Waals surface area contributed by atoms with Crippen LogP contribution < -0.4 is 0 Å². The maximum Gasteiger partial charge on any atom is 0.453 e. The Morgan fingerprint density at radius 2 is 1.97 bits per heavy atom. The zero-order valence-electron chi connectivity index (χ0n) is 18.5. The molecule has 0 radical (unpaired) electrons. The number of fused-ring (bicyclic) bond motifs is 1. The van der Waals surface area contributed by atoms with E-state index in [4.69, 9.17) is 0 Å². The molecule has 1 fully saturated rings. The van der Waals surface area contributed by atoms with E-state index < -0.39 is 12.0 Å². The number of nitrogens with zero attached hydrogens (tertiary/aromatic N) is 6. The van der Waals surface area contributed by atoms with Gasteiger partial charge in [-0.1, -0.05) is 12.8 Å². The molecule has 1 unspecified atom stereocenters. The number of hydrogen-bond donors (Lipinski definition) is 0. The molecular formula is C22H27F3N6O. The van der Waals surface area contributed by atoms with Crippen LogP contribution in [-0.2, 0) is 24.4 Å². The van der Waals surface area contributed by atoms with Crippen molar-refractivity contribution in [2.24, 2.45) is 7.05 Å². The fraction of sp³-hybridized carbons (Fsp3) is 0.545. The fourth-order valence-corrected chi connectivity index (χ4v) is 4.60. The molecule has 7 nitrogen and oxygen atoms in total. The molecule has 10 heteroatoms. The predicted octanol–water partition coefficient (Wildman–Crippen LogP) is 4.17. The summed E-state index contributed by atoms with van der Waals surface area (Å²) in [5.41, 5.74) is 2.95. The van der Waals surface area contributed by atoms with Crippen molar-refractivity contribution in [3.63, 3.8) is 0 Å². The Balaban J connectivity index is 1.57. The molecule has 3 aromatic rings. The van der Waals surface area contributed by atoms with Gasteiger partial charge in [-0.25, -0.2) is 9.50 Å². The lowest BCUT2D eigenvalue weighted by Crippen LogP contribution is -2.35. The maximum atomic E-state index is 13.3. The van der Waals surface area contributed by atoms with Crippen LogP contribution in [0, 0.1) is 13.8 Å².